The van der Waals surface area contributed by atoms with Gasteiger partial charge in [-0.1, -0.05) is 19.8 Å². The Morgan fingerprint density at radius 3 is 2.50 bits per heavy atom. The fraction of sp³-hybridized carbons (Fsp3) is 1.00. The summed E-state index contributed by atoms with van der Waals surface area (Å²) >= 11 is 0. The summed E-state index contributed by atoms with van der Waals surface area (Å²) in [5.74, 6) is 1.37. The molecule has 1 saturated heterocycles. The van der Waals surface area contributed by atoms with Gasteiger partial charge in [-0.15, -0.1) is 0 Å². The van der Waals surface area contributed by atoms with Crippen LogP contribution in [0.25, 0.3) is 0 Å². The molecule has 1 heterocycles. The van der Waals surface area contributed by atoms with Crippen molar-refractivity contribution in [2.75, 3.05) is 26.2 Å². The molecule has 6 heteroatoms. The Bertz CT molecular complexity index is 391. The molecule has 0 aromatic heterocycles. The third-order valence-corrected chi connectivity index (χ3v) is 6.31. The summed E-state index contributed by atoms with van der Waals surface area (Å²) in [6, 6.07) is 0. The van der Waals surface area contributed by atoms with Crippen molar-refractivity contribution < 1.29 is 13.5 Å². The van der Waals surface area contributed by atoms with E-state index in [2.05, 4.69) is 11.6 Å². The number of nitrogens with zero attached hydrogens (tertiary/aromatic N) is 1. The molecule has 0 amide bonds. The van der Waals surface area contributed by atoms with E-state index in [0.717, 1.165) is 31.6 Å². The summed E-state index contributed by atoms with van der Waals surface area (Å²) < 4.78 is 28.9. The minimum atomic E-state index is -3.37. The van der Waals surface area contributed by atoms with Gasteiger partial charge >= 0.3 is 0 Å². The zero-order chi connectivity index (χ0) is 14.6. The second kappa shape index (κ2) is 7.20. The molecule has 5 nitrogen and oxygen atoms in total. The smallest absolute Gasteiger partial charge is 0.279 e. The molecule has 20 heavy (non-hydrogen) atoms. The molecular formula is C14H28N2O3S. The van der Waals surface area contributed by atoms with Gasteiger partial charge in [0.15, 0.2) is 0 Å². The monoisotopic (exact) mass is 304 g/mol. The summed E-state index contributed by atoms with van der Waals surface area (Å²) in [5.41, 5.74) is 0. The molecule has 2 rings (SSSR count). The molecular weight excluding hydrogens is 276 g/mol. The Morgan fingerprint density at radius 1 is 1.15 bits per heavy atom. The minimum Gasteiger partial charge on any atom is -0.396 e. The molecule has 1 atom stereocenters. The lowest BCUT2D eigenvalue weighted by molar-refractivity contribution is 0.164. The Labute approximate surface area is 122 Å². The van der Waals surface area contributed by atoms with Crippen LogP contribution in [0, 0.1) is 17.8 Å². The Balaban J connectivity index is 1.81. The first-order valence-electron chi connectivity index (χ1n) is 7.87. The van der Waals surface area contributed by atoms with Crippen LogP contribution in [-0.4, -0.2) is 44.1 Å². The van der Waals surface area contributed by atoms with Gasteiger partial charge in [0.2, 0.25) is 0 Å². The van der Waals surface area contributed by atoms with Gasteiger partial charge in [0.25, 0.3) is 10.2 Å². The summed E-state index contributed by atoms with van der Waals surface area (Å²) in [7, 11) is -3.37. The maximum atomic E-state index is 12.3. The third-order valence-electron chi connectivity index (χ3n) is 4.77. The molecule has 1 unspecified atom stereocenters. The maximum absolute atomic E-state index is 12.3. The van der Waals surface area contributed by atoms with Gasteiger partial charge in [-0.3, -0.25) is 0 Å². The van der Waals surface area contributed by atoms with Crippen molar-refractivity contribution in [2.24, 2.45) is 17.8 Å². The van der Waals surface area contributed by atoms with Gasteiger partial charge < -0.3 is 5.11 Å². The van der Waals surface area contributed by atoms with E-state index in [1.54, 1.807) is 0 Å². The molecule has 0 aromatic rings. The van der Waals surface area contributed by atoms with E-state index in [1.165, 1.54) is 17.1 Å². The molecule has 118 valence electrons. The van der Waals surface area contributed by atoms with Crippen LogP contribution in [-0.2, 0) is 10.2 Å². The molecule has 0 radical (unpaired) electrons. The molecule has 2 aliphatic rings. The molecule has 0 bridgehead atoms. The average molecular weight is 304 g/mol. The van der Waals surface area contributed by atoms with Crippen LogP contribution < -0.4 is 4.72 Å². The lowest BCUT2D eigenvalue weighted by atomic mass is 9.83. The first kappa shape index (κ1) is 16.2. The summed E-state index contributed by atoms with van der Waals surface area (Å²) in [5, 5.41) is 9.19. The summed E-state index contributed by atoms with van der Waals surface area (Å²) in [6.07, 6.45) is 6.44. The normalized spacial score (nSPS) is 33.2. The highest BCUT2D eigenvalue weighted by atomic mass is 32.2. The lowest BCUT2D eigenvalue weighted by Gasteiger charge is -2.32. The number of aliphatic hydroxyl groups excluding tert-OH is 1. The van der Waals surface area contributed by atoms with Crippen molar-refractivity contribution in [1.29, 1.82) is 0 Å². The maximum Gasteiger partial charge on any atom is 0.279 e. The van der Waals surface area contributed by atoms with E-state index < -0.39 is 10.2 Å². The van der Waals surface area contributed by atoms with Gasteiger partial charge in [0.1, 0.15) is 0 Å². The van der Waals surface area contributed by atoms with Gasteiger partial charge in [0, 0.05) is 26.2 Å². The van der Waals surface area contributed by atoms with E-state index in [0.29, 0.717) is 25.6 Å². The summed E-state index contributed by atoms with van der Waals surface area (Å²) in [6.45, 7) is 3.94. The van der Waals surface area contributed by atoms with Gasteiger partial charge in [-0.2, -0.15) is 12.7 Å². The fourth-order valence-electron chi connectivity index (χ4n) is 3.24. The number of aliphatic hydroxyl groups is 1. The minimum absolute atomic E-state index is 0.0759. The van der Waals surface area contributed by atoms with Crippen LogP contribution in [0.2, 0.25) is 0 Å². The van der Waals surface area contributed by atoms with Crippen molar-refractivity contribution in [1.82, 2.24) is 9.03 Å². The van der Waals surface area contributed by atoms with Crippen LogP contribution in [0.1, 0.15) is 45.4 Å². The average Bonchev–Trinajstić information content (AvgIpc) is 2.47. The number of hydrogen-bond acceptors (Lipinski definition) is 3. The summed E-state index contributed by atoms with van der Waals surface area (Å²) in [4.78, 5) is 0. The highest BCUT2D eigenvalue weighted by Gasteiger charge is 2.29. The first-order chi connectivity index (χ1) is 9.51. The van der Waals surface area contributed by atoms with Crippen molar-refractivity contribution in [3.63, 3.8) is 0 Å². The zero-order valence-corrected chi connectivity index (χ0v) is 13.2. The van der Waals surface area contributed by atoms with Crippen LogP contribution in [0.5, 0.6) is 0 Å². The van der Waals surface area contributed by atoms with E-state index in [9.17, 15) is 13.5 Å². The number of hydrogen-bond donors (Lipinski definition) is 2. The largest absolute Gasteiger partial charge is 0.396 e. The van der Waals surface area contributed by atoms with Crippen molar-refractivity contribution in [2.45, 2.75) is 45.4 Å². The van der Waals surface area contributed by atoms with Crippen molar-refractivity contribution in [3.8, 4) is 0 Å². The Morgan fingerprint density at radius 2 is 1.85 bits per heavy atom. The third kappa shape index (κ3) is 4.41. The number of rotatable bonds is 5. The first-order valence-corrected chi connectivity index (χ1v) is 9.31. The van der Waals surface area contributed by atoms with Crippen molar-refractivity contribution in [3.05, 3.63) is 0 Å². The zero-order valence-electron chi connectivity index (χ0n) is 12.4. The highest BCUT2D eigenvalue weighted by Crippen LogP contribution is 2.28. The standard InChI is InChI=1S/C14H28N2O3S/c1-12-4-6-13(7-5-12)9-15-20(18,19)16-8-2-3-14(10-16)11-17/h12-15,17H,2-11H2,1H3. The SMILES string of the molecule is CC1CCC(CNS(=O)(=O)N2CCCC(CO)C2)CC1. The van der Waals surface area contributed by atoms with Gasteiger partial charge in [0.05, 0.1) is 0 Å². The number of piperidine rings is 1. The van der Waals surface area contributed by atoms with E-state index in [4.69, 9.17) is 0 Å². The Hall–Kier alpha value is -0.170. The van der Waals surface area contributed by atoms with E-state index >= 15 is 0 Å². The lowest BCUT2D eigenvalue weighted by Crippen LogP contribution is -2.47. The van der Waals surface area contributed by atoms with Crippen LogP contribution in [0.3, 0.4) is 0 Å². The molecule has 1 aliphatic carbocycles. The fourth-order valence-corrected chi connectivity index (χ4v) is 4.65. The molecule has 2 N–H and O–H groups in total. The topological polar surface area (TPSA) is 69.6 Å². The second-order valence-corrected chi connectivity index (χ2v) is 8.28. The highest BCUT2D eigenvalue weighted by molar-refractivity contribution is 7.87. The quantitative estimate of drug-likeness (QED) is 0.805. The van der Waals surface area contributed by atoms with E-state index in [1.807, 2.05) is 0 Å². The predicted octanol–water partition coefficient (Wildman–Crippen LogP) is 1.35. The van der Waals surface area contributed by atoms with Crippen LogP contribution in [0.15, 0.2) is 0 Å². The molecule has 0 aromatic carbocycles. The molecule has 1 saturated carbocycles. The molecule has 2 fully saturated rings. The molecule has 0 spiro atoms. The van der Waals surface area contributed by atoms with Crippen molar-refractivity contribution >= 4 is 10.2 Å². The Kier molecular flexibility index (Phi) is 5.84. The van der Waals surface area contributed by atoms with Gasteiger partial charge in [-0.25, -0.2) is 4.72 Å². The van der Waals surface area contributed by atoms with Gasteiger partial charge in [-0.05, 0) is 43.4 Å². The van der Waals surface area contributed by atoms with E-state index in [-0.39, 0.29) is 12.5 Å². The predicted molar refractivity (Wildman–Crippen MR) is 79.4 cm³/mol. The second-order valence-electron chi connectivity index (χ2n) is 6.53. The van der Waals surface area contributed by atoms with Crippen LogP contribution in [0.4, 0.5) is 0 Å². The van der Waals surface area contributed by atoms with Crippen LogP contribution >= 0.6 is 0 Å². The number of nitrogens with one attached hydrogen (secondary N) is 1. The molecule has 1 aliphatic heterocycles.